The van der Waals surface area contributed by atoms with Crippen LogP contribution in [0.4, 0.5) is 10.5 Å². The molecule has 138 valence electrons. The molecule has 5 rings (SSSR count). The van der Waals surface area contributed by atoms with Gasteiger partial charge in [0, 0.05) is 42.7 Å². The van der Waals surface area contributed by atoms with Crippen molar-refractivity contribution in [2.75, 3.05) is 24.5 Å². The van der Waals surface area contributed by atoms with E-state index < -0.39 is 0 Å². The van der Waals surface area contributed by atoms with Gasteiger partial charge < -0.3 is 4.90 Å². The third-order valence-electron chi connectivity index (χ3n) is 6.63. The van der Waals surface area contributed by atoms with Crippen LogP contribution in [0.3, 0.4) is 0 Å². The molecular weight excluding hydrogens is 336 g/mol. The lowest BCUT2D eigenvalue weighted by Gasteiger charge is -2.42. The molecule has 27 heavy (non-hydrogen) atoms. The number of amides is 2. The minimum atomic E-state index is -0.0652. The number of fused-ring (bicyclic) bond motifs is 3. The fraction of sp³-hybridized carbons (Fsp3) is 0.391. The zero-order valence-electron chi connectivity index (χ0n) is 15.5. The number of hydrogen-bond acceptors (Lipinski definition) is 2. The zero-order valence-corrected chi connectivity index (χ0v) is 15.5. The highest BCUT2D eigenvalue weighted by molar-refractivity contribution is 6.02. The van der Waals surface area contributed by atoms with Gasteiger partial charge in [0.05, 0.1) is 0 Å². The molecule has 0 saturated carbocycles. The number of piperidine rings is 1. The number of ketones is 1. The number of rotatable bonds is 0. The number of para-hydroxylation sites is 1. The van der Waals surface area contributed by atoms with Gasteiger partial charge in [0.2, 0.25) is 0 Å². The lowest BCUT2D eigenvalue weighted by atomic mass is 9.74. The highest BCUT2D eigenvalue weighted by Gasteiger charge is 2.46. The largest absolute Gasteiger partial charge is 0.324 e. The van der Waals surface area contributed by atoms with E-state index in [9.17, 15) is 9.59 Å². The van der Waals surface area contributed by atoms with E-state index in [2.05, 4.69) is 18.2 Å². The number of Topliss-reactive ketones (excluding diaryl/α,β-unsaturated/α-hetero) is 1. The molecule has 0 radical (unpaired) electrons. The van der Waals surface area contributed by atoms with E-state index in [-0.39, 0.29) is 17.2 Å². The maximum absolute atomic E-state index is 13.2. The van der Waals surface area contributed by atoms with Gasteiger partial charge in [-0.3, -0.25) is 9.69 Å². The highest BCUT2D eigenvalue weighted by Crippen LogP contribution is 2.46. The molecular formula is C23H24N2O2. The van der Waals surface area contributed by atoms with E-state index in [0.717, 1.165) is 56.6 Å². The Morgan fingerprint density at radius 1 is 0.926 bits per heavy atom. The van der Waals surface area contributed by atoms with Crippen molar-refractivity contribution in [1.29, 1.82) is 0 Å². The number of hydrogen-bond donors (Lipinski definition) is 0. The average molecular weight is 360 g/mol. The van der Waals surface area contributed by atoms with Crippen LogP contribution in [0, 0.1) is 0 Å². The van der Waals surface area contributed by atoms with E-state index >= 15 is 0 Å². The van der Waals surface area contributed by atoms with E-state index in [1.807, 2.05) is 40.1 Å². The average Bonchev–Trinajstić information content (AvgIpc) is 2.99. The number of benzene rings is 2. The normalized spacial score (nSPS) is 20.5. The second-order valence-corrected chi connectivity index (χ2v) is 8.08. The molecule has 1 saturated heterocycles. The van der Waals surface area contributed by atoms with Gasteiger partial charge in [0.1, 0.15) is 0 Å². The second kappa shape index (κ2) is 6.22. The first-order valence-corrected chi connectivity index (χ1v) is 9.95. The number of carbonyl (C=O) groups excluding carboxylic acids is 2. The number of anilines is 1. The minimum absolute atomic E-state index is 0.0652. The van der Waals surface area contributed by atoms with Crippen LogP contribution >= 0.6 is 0 Å². The Morgan fingerprint density at radius 3 is 2.52 bits per heavy atom. The third-order valence-corrected chi connectivity index (χ3v) is 6.63. The van der Waals surface area contributed by atoms with E-state index in [1.165, 1.54) is 11.1 Å². The summed E-state index contributed by atoms with van der Waals surface area (Å²) in [7, 11) is 0. The summed E-state index contributed by atoms with van der Waals surface area (Å²) in [4.78, 5) is 29.6. The lowest BCUT2D eigenvalue weighted by Crippen LogP contribution is -2.51. The Bertz CT molecular complexity index is 912. The van der Waals surface area contributed by atoms with Crippen molar-refractivity contribution in [3.8, 4) is 0 Å². The molecule has 2 aliphatic heterocycles. The van der Waals surface area contributed by atoms with Gasteiger partial charge >= 0.3 is 6.03 Å². The summed E-state index contributed by atoms with van der Waals surface area (Å²) in [5.41, 5.74) is 4.36. The Labute approximate surface area is 159 Å². The molecule has 0 aromatic heterocycles. The van der Waals surface area contributed by atoms with Crippen LogP contribution in [0.1, 0.15) is 47.2 Å². The maximum atomic E-state index is 13.2. The quantitative estimate of drug-likeness (QED) is 0.707. The van der Waals surface area contributed by atoms with Gasteiger partial charge in [0.25, 0.3) is 0 Å². The molecule has 0 unspecified atom stereocenters. The number of urea groups is 1. The van der Waals surface area contributed by atoms with Crippen molar-refractivity contribution in [1.82, 2.24) is 4.90 Å². The molecule has 3 aliphatic rings. The first-order chi connectivity index (χ1) is 13.2. The lowest BCUT2D eigenvalue weighted by molar-refractivity contribution is 0.0948. The van der Waals surface area contributed by atoms with Gasteiger partial charge in [-0.05, 0) is 42.9 Å². The molecule has 0 bridgehead atoms. The van der Waals surface area contributed by atoms with Gasteiger partial charge in [-0.2, -0.15) is 0 Å². The first-order valence-electron chi connectivity index (χ1n) is 9.95. The number of carbonyl (C=O) groups is 2. The number of nitrogens with zero attached hydrogens (tertiary/aromatic N) is 2. The monoisotopic (exact) mass is 360 g/mol. The SMILES string of the molecule is O=C1CC2(CCN(C(=O)N3CCCc4ccccc43)CC2)c2ccccc21. The highest BCUT2D eigenvalue weighted by atomic mass is 16.2. The zero-order chi connectivity index (χ0) is 18.4. The van der Waals surface area contributed by atoms with Gasteiger partial charge in [-0.15, -0.1) is 0 Å². The molecule has 0 N–H and O–H groups in total. The molecule has 4 heteroatoms. The smallest absolute Gasteiger partial charge is 0.324 e. The topological polar surface area (TPSA) is 40.6 Å². The summed E-state index contributed by atoms with van der Waals surface area (Å²) >= 11 is 0. The van der Waals surface area contributed by atoms with Crippen LogP contribution in [0.15, 0.2) is 48.5 Å². The minimum Gasteiger partial charge on any atom is -0.324 e. The molecule has 2 amide bonds. The van der Waals surface area contributed by atoms with E-state index in [4.69, 9.17) is 0 Å². The Kier molecular flexibility index (Phi) is 3.81. The number of aryl methyl sites for hydroxylation is 1. The molecule has 2 heterocycles. The summed E-state index contributed by atoms with van der Waals surface area (Å²) in [6.07, 6.45) is 4.40. The van der Waals surface area contributed by atoms with Crippen molar-refractivity contribution in [3.05, 3.63) is 65.2 Å². The van der Waals surface area contributed by atoms with Crippen molar-refractivity contribution in [3.63, 3.8) is 0 Å². The summed E-state index contributed by atoms with van der Waals surface area (Å²) in [6, 6.07) is 16.4. The maximum Gasteiger partial charge on any atom is 0.324 e. The van der Waals surface area contributed by atoms with Gasteiger partial charge in [-0.1, -0.05) is 42.5 Å². The van der Waals surface area contributed by atoms with Crippen molar-refractivity contribution in [2.45, 2.75) is 37.5 Å². The Morgan fingerprint density at radius 2 is 1.67 bits per heavy atom. The van der Waals surface area contributed by atoms with Crippen LogP contribution in [0.25, 0.3) is 0 Å². The predicted molar refractivity (Wildman–Crippen MR) is 105 cm³/mol. The molecule has 1 spiro atoms. The Hall–Kier alpha value is -2.62. The molecule has 0 atom stereocenters. The van der Waals surface area contributed by atoms with Crippen LogP contribution in [0.5, 0.6) is 0 Å². The second-order valence-electron chi connectivity index (χ2n) is 8.08. The molecule has 2 aromatic carbocycles. The van der Waals surface area contributed by atoms with Crippen LogP contribution in [-0.4, -0.2) is 36.3 Å². The summed E-state index contributed by atoms with van der Waals surface area (Å²) in [6.45, 7) is 2.23. The standard InChI is InChI=1S/C23H24N2O2/c26-21-16-23(19-9-3-2-8-18(19)21)11-14-24(15-12-23)22(27)25-13-5-7-17-6-1-4-10-20(17)25/h1-4,6,8-10H,5,7,11-16H2. The van der Waals surface area contributed by atoms with Crippen LogP contribution < -0.4 is 4.90 Å². The first kappa shape index (κ1) is 16.5. The van der Waals surface area contributed by atoms with Crippen LogP contribution in [0.2, 0.25) is 0 Å². The summed E-state index contributed by atoms with van der Waals surface area (Å²) in [5.74, 6) is 0.260. The van der Waals surface area contributed by atoms with Gasteiger partial charge in [-0.25, -0.2) is 4.79 Å². The predicted octanol–water partition coefficient (Wildman–Crippen LogP) is 4.18. The fourth-order valence-electron chi connectivity index (χ4n) is 5.16. The summed E-state index contributed by atoms with van der Waals surface area (Å²) < 4.78 is 0. The Balaban J connectivity index is 1.35. The van der Waals surface area contributed by atoms with Crippen molar-refractivity contribution < 1.29 is 9.59 Å². The third kappa shape index (κ3) is 2.58. The van der Waals surface area contributed by atoms with E-state index in [1.54, 1.807) is 0 Å². The fourth-order valence-corrected chi connectivity index (χ4v) is 5.16. The molecule has 1 aliphatic carbocycles. The van der Waals surface area contributed by atoms with Crippen molar-refractivity contribution >= 4 is 17.5 Å². The van der Waals surface area contributed by atoms with Crippen molar-refractivity contribution in [2.24, 2.45) is 0 Å². The van der Waals surface area contributed by atoms with Gasteiger partial charge in [0.15, 0.2) is 5.78 Å². The van der Waals surface area contributed by atoms with E-state index in [0.29, 0.717) is 6.42 Å². The molecule has 4 nitrogen and oxygen atoms in total. The molecule has 1 fully saturated rings. The summed E-state index contributed by atoms with van der Waals surface area (Å²) in [5, 5.41) is 0. The number of likely N-dealkylation sites (tertiary alicyclic amines) is 1. The molecule has 2 aromatic rings. The van der Waals surface area contributed by atoms with Crippen LogP contribution in [-0.2, 0) is 11.8 Å².